The third kappa shape index (κ3) is 5.03. The van der Waals surface area contributed by atoms with E-state index in [4.69, 9.17) is 16.3 Å². The van der Waals surface area contributed by atoms with Gasteiger partial charge in [-0.3, -0.25) is 9.59 Å². The Bertz CT molecular complexity index is 1070. The summed E-state index contributed by atoms with van der Waals surface area (Å²) in [6, 6.07) is 22.1. The van der Waals surface area contributed by atoms with Gasteiger partial charge in [-0.15, -0.1) is 11.8 Å². The van der Waals surface area contributed by atoms with E-state index in [0.717, 1.165) is 16.9 Å². The molecule has 4 rings (SSSR count). The van der Waals surface area contributed by atoms with Crippen LogP contribution in [0, 0.1) is 0 Å². The van der Waals surface area contributed by atoms with E-state index < -0.39 is 0 Å². The van der Waals surface area contributed by atoms with Crippen molar-refractivity contribution in [2.75, 3.05) is 18.2 Å². The normalized spacial score (nSPS) is 15.7. The van der Waals surface area contributed by atoms with Crippen molar-refractivity contribution in [2.24, 2.45) is 0 Å². The minimum Gasteiger partial charge on any atom is -0.497 e. The summed E-state index contributed by atoms with van der Waals surface area (Å²) in [5.41, 5.74) is 3.27. The van der Waals surface area contributed by atoms with Crippen molar-refractivity contribution in [1.82, 2.24) is 4.90 Å². The number of carbonyl (C=O) groups excluding carboxylic acids is 2. The molecule has 0 radical (unpaired) electrons. The fraction of sp³-hybridized carbons (Fsp3) is 0.167. The molecule has 0 spiro atoms. The number of hydrogen-bond acceptors (Lipinski definition) is 4. The van der Waals surface area contributed by atoms with Crippen molar-refractivity contribution >= 4 is 40.9 Å². The zero-order chi connectivity index (χ0) is 21.8. The minimum absolute atomic E-state index is 0.0816. The highest BCUT2D eigenvalue weighted by Crippen LogP contribution is 2.39. The Kier molecular flexibility index (Phi) is 6.49. The monoisotopic (exact) mass is 452 g/mol. The lowest BCUT2D eigenvalue weighted by atomic mass is 10.1. The third-order valence-corrected chi connectivity index (χ3v) is 6.55. The van der Waals surface area contributed by atoms with E-state index in [1.807, 2.05) is 41.3 Å². The van der Waals surface area contributed by atoms with Gasteiger partial charge in [0.25, 0.3) is 5.91 Å². The Balaban J connectivity index is 1.45. The summed E-state index contributed by atoms with van der Waals surface area (Å²) in [7, 11) is 1.60. The van der Waals surface area contributed by atoms with Gasteiger partial charge in [0.15, 0.2) is 0 Å². The molecular formula is C24H21ClN2O3S. The topological polar surface area (TPSA) is 58.6 Å². The van der Waals surface area contributed by atoms with Gasteiger partial charge in [0, 0.05) is 22.8 Å². The number of anilines is 1. The van der Waals surface area contributed by atoms with Crippen molar-refractivity contribution in [2.45, 2.75) is 11.9 Å². The van der Waals surface area contributed by atoms with Crippen molar-refractivity contribution in [3.05, 3.63) is 94.5 Å². The van der Waals surface area contributed by atoms with E-state index in [9.17, 15) is 9.59 Å². The number of halogens is 1. The number of carbonyl (C=O) groups is 2. The first-order valence-corrected chi connectivity index (χ1v) is 11.2. The van der Waals surface area contributed by atoms with Gasteiger partial charge < -0.3 is 15.0 Å². The lowest BCUT2D eigenvalue weighted by Gasteiger charge is -2.24. The number of rotatable bonds is 6. The van der Waals surface area contributed by atoms with E-state index in [0.29, 0.717) is 28.6 Å². The molecule has 0 bridgehead atoms. The molecule has 1 fully saturated rings. The van der Waals surface area contributed by atoms with Gasteiger partial charge in [0.1, 0.15) is 11.1 Å². The molecule has 1 N–H and O–H groups in total. The van der Waals surface area contributed by atoms with Crippen LogP contribution in [0.5, 0.6) is 5.75 Å². The van der Waals surface area contributed by atoms with E-state index in [1.165, 1.54) is 0 Å². The molecule has 3 aromatic rings. The summed E-state index contributed by atoms with van der Waals surface area (Å²) in [5, 5.41) is 3.47. The van der Waals surface area contributed by atoms with Gasteiger partial charge >= 0.3 is 0 Å². The number of nitrogens with one attached hydrogen (secondary N) is 1. The Hall–Kier alpha value is -2.96. The molecule has 1 aliphatic heterocycles. The molecule has 0 saturated carbocycles. The van der Waals surface area contributed by atoms with E-state index in [-0.39, 0.29) is 17.2 Å². The van der Waals surface area contributed by atoms with Crippen molar-refractivity contribution in [1.29, 1.82) is 0 Å². The molecule has 31 heavy (non-hydrogen) atoms. The van der Waals surface area contributed by atoms with E-state index in [1.54, 1.807) is 55.3 Å². The average molecular weight is 453 g/mol. The Morgan fingerprint density at radius 1 is 1.06 bits per heavy atom. The molecular weight excluding hydrogens is 432 g/mol. The summed E-state index contributed by atoms with van der Waals surface area (Å²) < 4.78 is 5.13. The quantitative estimate of drug-likeness (QED) is 0.545. The summed E-state index contributed by atoms with van der Waals surface area (Å²) in [6.45, 7) is 0.521. The van der Waals surface area contributed by atoms with Crippen LogP contribution < -0.4 is 10.1 Å². The number of hydrogen-bond donors (Lipinski definition) is 1. The molecule has 0 unspecified atom stereocenters. The van der Waals surface area contributed by atoms with Gasteiger partial charge in [0.2, 0.25) is 5.91 Å². The zero-order valence-corrected chi connectivity index (χ0v) is 18.5. The predicted molar refractivity (Wildman–Crippen MR) is 125 cm³/mol. The first-order chi connectivity index (χ1) is 15.0. The molecule has 158 valence electrons. The number of amides is 2. The highest BCUT2D eigenvalue weighted by molar-refractivity contribution is 8.00. The summed E-state index contributed by atoms with van der Waals surface area (Å²) >= 11 is 7.56. The minimum atomic E-state index is -0.190. The molecule has 5 nitrogen and oxygen atoms in total. The lowest BCUT2D eigenvalue weighted by Crippen LogP contribution is -2.27. The van der Waals surface area contributed by atoms with Crippen LogP contribution in [-0.4, -0.2) is 29.6 Å². The highest BCUT2D eigenvalue weighted by Gasteiger charge is 2.32. The third-order valence-electron chi connectivity index (χ3n) is 5.04. The van der Waals surface area contributed by atoms with Gasteiger partial charge in [-0.25, -0.2) is 0 Å². The van der Waals surface area contributed by atoms with Crippen LogP contribution in [0.25, 0.3) is 0 Å². The SMILES string of the molecule is COc1ccc(NC(=O)c2ccc([C@@H]3SCC(=O)N3Cc3ccc(Cl)cc3)cc2)cc1. The smallest absolute Gasteiger partial charge is 0.255 e. The zero-order valence-electron chi connectivity index (χ0n) is 16.9. The molecule has 2 amide bonds. The second-order valence-electron chi connectivity index (χ2n) is 7.12. The maximum Gasteiger partial charge on any atom is 0.255 e. The number of ether oxygens (including phenoxy) is 1. The molecule has 1 aliphatic rings. The van der Waals surface area contributed by atoms with Gasteiger partial charge in [0.05, 0.1) is 12.9 Å². The Labute approximate surface area is 190 Å². The van der Waals surface area contributed by atoms with Gasteiger partial charge in [-0.2, -0.15) is 0 Å². The number of benzene rings is 3. The van der Waals surface area contributed by atoms with Crippen LogP contribution in [0.4, 0.5) is 5.69 Å². The predicted octanol–water partition coefficient (Wildman–Crippen LogP) is 5.38. The Morgan fingerprint density at radius 3 is 2.39 bits per heavy atom. The standard InChI is InChI=1S/C24H21ClN2O3S/c1-30-21-12-10-20(11-13-21)26-23(29)17-4-6-18(7-5-17)24-27(22(28)15-31-24)14-16-2-8-19(25)9-3-16/h2-13,24H,14-15H2,1H3,(H,26,29)/t24-/m0/s1. The van der Waals surface area contributed by atoms with Crippen LogP contribution in [-0.2, 0) is 11.3 Å². The molecule has 0 aliphatic carbocycles. The first-order valence-electron chi connectivity index (χ1n) is 9.74. The fourth-order valence-electron chi connectivity index (χ4n) is 3.36. The second kappa shape index (κ2) is 9.45. The highest BCUT2D eigenvalue weighted by atomic mass is 35.5. The number of thioether (sulfide) groups is 1. The van der Waals surface area contributed by atoms with Crippen LogP contribution in [0.15, 0.2) is 72.8 Å². The van der Waals surface area contributed by atoms with Crippen molar-refractivity contribution in [3.8, 4) is 5.75 Å². The average Bonchev–Trinajstić information content (AvgIpc) is 3.16. The molecule has 1 heterocycles. The lowest BCUT2D eigenvalue weighted by molar-refractivity contribution is -0.128. The summed E-state index contributed by atoms with van der Waals surface area (Å²) in [5.74, 6) is 1.09. The van der Waals surface area contributed by atoms with Gasteiger partial charge in [-0.05, 0) is 59.7 Å². The molecule has 0 aromatic heterocycles. The molecule has 3 aromatic carbocycles. The van der Waals surface area contributed by atoms with Crippen molar-refractivity contribution in [3.63, 3.8) is 0 Å². The number of methoxy groups -OCH3 is 1. The maximum absolute atomic E-state index is 12.6. The first kappa shape index (κ1) is 21.3. The van der Waals surface area contributed by atoms with Crippen LogP contribution in [0.1, 0.15) is 26.9 Å². The number of nitrogens with zero attached hydrogens (tertiary/aromatic N) is 1. The van der Waals surface area contributed by atoms with Crippen LogP contribution in [0.3, 0.4) is 0 Å². The summed E-state index contributed by atoms with van der Waals surface area (Å²) in [4.78, 5) is 26.9. The molecule has 1 atom stereocenters. The van der Waals surface area contributed by atoms with Crippen LogP contribution >= 0.6 is 23.4 Å². The van der Waals surface area contributed by atoms with Crippen LogP contribution in [0.2, 0.25) is 5.02 Å². The van der Waals surface area contributed by atoms with Gasteiger partial charge in [-0.1, -0.05) is 35.9 Å². The summed E-state index contributed by atoms with van der Waals surface area (Å²) in [6.07, 6.45) is 0. The van der Waals surface area contributed by atoms with E-state index >= 15 is 0 Å². The maximum atomic E-state index is 12.6. The second-order valence-corrected chi connectivity index (χ2v) is 8.62. The van der Waals surface area contributed by atoms with E-state index in [2.05, 4.69) is 5.32 Å². The Morgan fingerprint density at radius 2 is 1.74 bits per heavy atom. The largest absolute Gasteiger partial charge is 0.497 e. The van der Waals surface area contributed by atoms with Crippen molar-refractivity contribution < 1.29 is 14.3 Å². The molecule has 1 saturated heterocycles. The molecule has 7 heteroatoms. The fourth-order valence-corrected chi connectivity index (χ4v) is 4.68.